The molecule has 1 aromatic carbocycles. The summed E-state index contributed by atoms with van der Waals surface area (Å²) in [6.07, 6.45) is 0.960. The van der Waals surface area contributed by atoms with E-state index < -0.39 is 0 Å². The van der Waals surface area contributed by atoms with Crippen molar-refractivity contribution in [3.63, 3.8) is 0 Å². The van der Waals surface area contributed by atoms with Gasteiger partial charge in [-0.3, -0.25) is 0 Å². The number of halogens is 2. The zero-order valence-corrected chi connectivity index (χ0v) is 12.4. The Balaban J connectivity index is 2.12. The first-order valence-electron chi connectivity index (χ1n) is 6.12. The van der Waals surface area contributed by atoms with Gasteiger partial charge in [-0.05, 0) is 36.8 Å². The van der Waals surface area contributed by atoms with E-state index in [2.05, 4.69) is 11.9 Å². The average Bonchev–Trinajstić information content (AvgIpc) is 2.44. The highest BCUT2D eigenvalue weighted by atomic mass is 35.5. The van der Waals surface area contributed by atoms with E-state index >= 15 is 0 Å². The monoisotopic (exact) mass is 312 g/mol. The number of nitrogens with two attached hydrogens (primary N) is 1. The number of hydrogen-bond donors (Lipinski definition) is 1. The van der Waals surface area contributed by atoms with Crippen LogP contribution in [0.5, 0.6) is 17.4 Å². The lowest BCUT2D eigenvalue weighted by Gasteiger charge is -2.09. The van der Waals surface area contributed by atoms with Crippen LogP contribution in [0, 0.1) is 0 Å². The Bertz CT molecular complexity index is 588. The minimum absolute atomic E-state index is 0.175. The molecular formula is C14H14Cl2N2O2. The molecule has 0 saturated carbocycles. The molecule has 6 heteroatoms. The van der Waals surface area contributed by atoms with Crippen LogP contribution < -0.4 is 15.2 Å². The second kappa shape index (κ2) is 6.68. The van der Waals surface area contributed by atoms with Gasteiger partial charge in [0.05, 0.1) is 11.6 Å². The Kier molecular flexibility index (Phi) is 4.93. The predicted octanol–water partition coefficient (Wildman–Crippen LogP) is 4.55. The summed E-state index contributed by atoms with van der Waals surface area (Å²) in [5.74, 6) is 1.77. The lowest BCUT2D eigenvalue weighted by Crippen LogP contribution is -1.96. The molecule has 4 nitrogen and oxygen atoms in total. The number of benzene rings is 1. The van der Waals surface area contributed by atoms with Crippen LogP contribution >= 0.6 is 23.2 Å². The highest BCUT2D eigenvalue weighted by Gasteiger charge is 2.09. The van der Waals surface area contributed by atoms with E-state index in [0.29, 0.717) is 22.4 Å². The van der Waals surface area contributed by atoms with Crippen LogP contribution in [0.4, 0.5) is 5.82 Å². The molecule has 1 heterocycles. The van der Waals surface area contributed by atoms with Crippen molar-refractivity contribution in [2.24, 2.45) is 0 Å². The fourth-order valence-corrected chi connectivity index (χ4v) is 1.87. The normalized spacial score (nSPS) is 10.3. The van der Waals surface area contributed by atoms with Gasteiger partial charge in [-0.2, -0.15) is 4.98 Å². The zero-order valence-electron chi connectivity index (χ0n) is 10.9. The van der Waals surface area contributed by atoms with Gasteiger partial charge in [0.1, 0.15) is 22.3 Å². The highest BCUT2D eigenvalue weighted by Crippen LogP contribution is 2.32. The molecule has 106 valence electrons. The zero-order chi connectivity index (χ0) is 14.5. The van der Waals surface area contributed by atoms with Crippen molar-refractivity contribution >= 4 is 29.0 Å². The molecule has 0 bridgehead atoms. The van der Waals surface area contributed by atoms with Gasteiger partial charge >= 0.3 is 0 Å². The first-order valence-corrected chi connectivity index (χ1v) is 6.88. The maximum Gasteiger partial charge on any atom is 0.240 e. The van der Waals surface area contributed by atoms with Gasteiger partial charge in [-0.15, -0.1) is 0 Å². The van der Waals surface area contributed by atoms with Gasteiger partial charge in [0.15, 0.2) is 0 Å². The third-order valence-corrected chi connectivity index (χ3v) is 3.01. The SMILES string of the molecule is CCCOc1ccc(Oc2nc(N)c(Cl)cc2Cl)cc1. The van der Waals surface area contributed by atoms with Crippen molar-refractivity contribution in [3.05, 3.63) is 40.4 Å². The summed E-state index contributed by atoms with van der Waals surface area (Å²) in [6.45, 7) is 2.73. The van der Waals surface area contributed by atoms with Gasteiger partial charge in [0, 0.05) is 0 Å². The van der Waals surface area contributed by atoms with Crippen LogP contribution in [-0.2, 0) is 0 Å². The third-order valence-electron chi connectivity index (χ3n) is 2.44. The van der Waals surface area contributed by atoms with Crippen molar-refractivity contribution in [3.8, 4) is 17.4 Å². The number of anilines is 1. The number of rotatable bonds is 5. The van der Waals surface area contributed by atoms with Crippen LogP contribution in [0.25, 0.3) is 0 Å². The lowest BCUT2D eigenvalue weighted by molar-refractivity contribution is 0.317. The van der Waals surface area contributed by atoms with Crippen molar-refractivity contribution in [2.75, 3.05) is 12.3 Å². The maximum absolute atomic E-state index is 6.00. The van der Waals surface area contributed by atoms with Crippen molar-refractivity contribution in [1.82, 2.24) is 4.98 Å². The molecule has 2 rings (SSSR count). The van der Waals surface area contributed by atoms with Gasteiger partial charge in [0.25, 0.3) is 0 Å². The minimum atomic E-state index is 0.175. The summed E-state index contributed by atoms with van der Waals surface area (Å²) in [6, 6.07) is 8.68. The molecule has 0 unspecified atom stereocenters. The molecule has 0 radical (unpaired) electrons. The summed E-state index contributed by atoms with van der Waals surface area (Å²) in [5.41, 5.74) is 5.62. The summed E-state index contributed by atoms with van der Waals surface area (Å²) >= 11 is 11.8. The molecule has 0 amide bonds. The molecule has 0 aliphatic carbocycles. The highest BCUT2D eigenvalue weighted by molar-refractivity contribution is 6.36. The first kappa shape index (κ1) is 14.8. The Morgan fingerprint density at radius 2 is 1.75 bits per heavy atom. The number of nitrogen functional groups attached to an aromatic ring is 1. The van der Waals surface area contributed by atoms with E-state index in [-0.39, 0.29) is 11.7 Å². The van der Waals surface area contributed by atoms with E-state index in [9.17, 15) is 0 Å². The lowest BCUT2D eigenvalue weighted by atomic mass is 10.3. The Labute approximate surface area is 127 Å². The van der Waals surface area contributed by atoms with Crippen molar-refractivity contribution < 1.29 is 9.47 Å². The Morgan fingerprint density at radius 1 is 1.10 bits per heavy atom. The summed E-state index contributed by atoms with van der Waals surface area (Å²) in [5, 5.41) is 0.598. The van der Waals surface area contributed by atoms with Gasteiger partial charge in [-0.1, -0.05) is 30.1 Å². The Morgan fingerprint density at radius 3 is 2.40 bits per heavy atom. The summed E-state index contributed by atoms with van der Waals surface area (Å²) in [4.78, 5) is 4.00. The minimum Gasteiger partial charge on any atom is -0.494 e. The molecule has 2 N–H and O–H groups in total. The largest absolute Gasteiger partial charge is 0.494 e. The van der Waals surface area contributed by atoms with Gasteiger partial charge in [-0.25, -0.2) is 0 Å². The molecule has 0 aliphatic heterocycles. The fraction of sp³-hybridized carbons (Fsp3) is 0.214. The van der Waals surface area contributed by atoms with Crippen LogP contribution in [-0.4, -0.2) is 11.6 Å². The molecule has 0 spiro atoms. The molecule has 2 aromatic rings. The second-order valence-electron chi connectivity index (χ2n) is 4.06. The number of aromatic nitrogens is 1. The quantitative estimate of drug-likeness (QED) is 0.879. The van der Waals surface area contributed by atoms with Crippen molar-refractivity contribution in [1.29, 1.82) is 0 Å². The van der Waals surface area contributed by atoms with Crippen LogP contribution in [0.3, 0.4) is 0 Å². The molecule has 1 aromatic heterocycles. The predicted molar refractivity (Wildman–Crippen MR) is 81.0 cm³/mol. The van der Waals surface area contributed by atoms with E-state index in [1.807, 2.05) is 12.1 Å². The standard InChI is InChI=1S/C14H14Cl2N2O2/c1-2-7-19-9-3-5-10(6-4-9)20-14-12(16)8-11(15)13(17)18-14/h3-6,8H,2,7H2,1H3,(H2,17,18). The first-order chi connectivity index (χ1) is 9.60. The van der Waals surface area contributed by atoms with E-state index in [1.54, 1.807) is 12.1 Å². The van der Waals surface area contributed by atoms with E-state index in [1.165, 1.54) is 6.07 Å². The van der Waals surface area contributed by atoms with E-state index in [0.717, 1.165) is 12.2 Å². The Hall–Kier alpha value is -1.65. The molecule has 0 fully saturated rings. The number of pyridine rings is 1. The summed E-state index contributed by atoms with van der Waals surface area (Å²) < 4.78 is 11.1. The van der Waals surface area contributed by atoms with Crippen LogP contribution in [0.2, 0.25) is 10.0 Å². The van der Waals surface area contributed by atoms with Gasteiger partial charge in [0.2, 0.25) is 5.88 Å². The molecule has 0 aliphatic rings. The molecule has 0 atom stereocenters. The van der Waals surface area contributed by atoms with Gasteiger partial charge < -0.3 is 15.2 Å². The molecule has 20 heavy (non-hydrogen) atoms. The number of hydrogen-bond acceptors (Lipinski definition) is 4. The fourth-order valence-electron chi connectivity index (χ4n) is 1.47. The number of nitrogens with zero attached hydrogens (tertiary/aromatic N) is 1. The third kappa shape index (κ3) is 3.68. The number of ether oxygens (including phenoxy) is 2. The van der Waals surface area contributed by atoms with Crippen LogP contribution in [0.1, 0.15) is 13.3 Å². The average molecular weight is 313 g/mol. The molecular weight excluding hydrogens is 299 g/mol. The maximum atomic E-state index is 6.00. The van der Waals surface area contributed by atoms with Crippen molar-refractivity contribution in [2.45, 2.75) is 13.3 Å². The summed E-state index contributed by atoms with van der Waals surface area (Å²) in [7, 11) is 0. The second-order valence-corrected chi connectivity index (χ2v) is 4.88. The molecule has 0 saturated heterocycles. The van der Waals surface area contributed by atoms with E-state index in [4.69, 9.17) is 38.4 Å². The van der Waals surface area contributed by atoms with Crippen LogP contribution in [0.15, 0.2) is 30.3 Å². The smallest absolute Gasteiger partial charge is 0.240 e. The topological polar surface area (TPSA) is 57.4 Å².